The van der Waals surface area contributed by atoms with Crippen molar-refractivity contribution in [2.24, 2.45) is 11.7 Å². The second-order valence-electron chi connectivity index (χ2n) is 5.94. The Morgan fingerprint density at radius 2 is 1.91 bits per heavy atom. The highest BCUT2D eigenvalue weighted by atomic mass is 35.5. The minimum absolute atomic E-state index is 0.0911. The van der Waals surface area contributed by atoms with E-state index in [0.29, 0.717) is 5.92 Å². The molecule has 0 spiro atoms. The van der Waals surface area contributed by atoms with E-state index in [4.69, 9.17) is 22.3 Å². The van der Waals surface area contributed by atoms with E-state index >= 15 is 0 Å². The first-order valence-corrected chi connectivity index (χ1v) is 7.89. The minimum atomic E-state index is -0.0911. The molecular weight excluding hydrogens is 294 g/mol. The van der Waals surface area contributed by atoms with Gasteiger partial charge >= 0.3 is 0 Å². The van der Waals surface area contributed by atoms with Crippen LogP contribution in [-0.4, -0.2) is 9.55 Å². The fraction of sp³-hybridized carbons (Fsp3) is 0.278. The molecule has 0 radical (unpaired) electrons. The van der Waals surface area contributed by atoms with Crippen LogP contribution in [0.2, 0.25) is 5.02 Å². The topological polar surface area (TPSA) is 43.8 Å². The van der Waals surface area contributed by atoms with E-state index in [0.717, 1.165) is 34.0 Å². The zero-order chi connectivity index (χ0) is 15.7. The van der Waals surface area contributed by atoms with Crippen molar-refractivity contribution >= 4 is 22.6 Å². The first kappa shape index (κ1) is 15.1. The number of hydrogen-bond donors (Lipinski definition) is 1. The molecule has 3 aromatic rings. The van der Waals surface area contributed by atoms with Crippen LogP contribution in [0.5, 0.6) is 0 Å². The van der Waals surface area contributed by atoms with Crippen LogP contribution in [0.15, 0.2) is 48.5 Å². The Morgan fingerprint density at radius 1 is 1.14 bits per heavy atom. The van der Waals surface area contributed by atoms with Crippen LogP contribution in [0, 0.1) is 5.92 Å². The molecule has 1 heterocycles. The molecule has 3 nitrogen and oxygen atoms in total. The lowest BCUT2D eigenvalue weighted by molar-refractivity contribution is 0.475. The number of rotatable bonds is 4. The molecule has 0 saturated carbocycles. The molecule has 0 bridgehead atoms. The molecule has 0 fully saturated rings. The summed E-state index contributed by atoms with van der Waals surface area (Å²) in [7, 11) is 0. The second-order valence-corrected chi connectivity index (χ2v) is 6.38. The Hall–Kier alpha value is -1.84. The predicted octanol–water partition coefficient (Wildman–Crippen LogP) is 4.39. The summed E-state index contributed by atoms with van der Waals surface area (Å²) >= 11 is 6.11. The number of aromatic nitrogens is 2. The zero-order valence-electron chi connectivity index (χ0n) is 12.8. The first-order valence-electron chi connectivity index (χ1n) is 7.51. The van der Waals surface area contributed by atoms with Crippen LogP contribution in [0.3, 0.4) is 0 Å². The molecule has 0 aliphatic heterocycles. The number of hydrogen-bond acceptors (Lipinski definition) is 2. The number of imidazole rings is 1. The summed E-state index contributed by atoms with van der Waals surface area (Å²) < 4.78 is 2.20. The average Bonchev–Trinajstić information content (AvgIpc) is 2.85. The highest BCUT2D eigenvalue weighted by Gasteiger charge is 2.19. The molecule has 22 heavy (non-hydrogen) atoms. The van der Waals surface area contributed by atoms with Crippen molar-refractivity contribution < 1.29 is 0 Å². The summed E-state index contributed by atoms with van der Waals surface area (Å²) in [6.45, 7) is 4.96. The highest BCUT2D eigenvalue weighted by Crippen LogP contribution is 2.25. The molecule has 0 unspecified atom stereocenters. The maximum Gasteiger partial charge on any atom is 0.127 e. The summed E-state index contributed by atoms with van der Waals surface area (Å²) in [5, 5.41) is 0.747. The van der Waals surface area contributed by atoms with Crippen LogP contribution in [0.4, 0.5) is 0 Å². The summed E-state index contributed by atoms with van der Waals surface area (Å²) in [4.78, 5) is 4.76. The van der Waals surface area contributed by atoms with E-state index in [1.165, 1.54) is 0 Å². The smallest absolute Gasteiger partial charge is 0.127 e. The van der Waals surface area contributed by atoms with E-state index in [1.54, 1.807) is 0 Å². The summed E-state index contributed by atoms with van der Waals surface area (Å²) in [5.74, 6) is 1.26. The van der Waals surface area contributed by atoms with Crippen molar-refractivity contribution in [1.29, 1.82) is 0 Å². The Labute approximate surface area is 135 Å². The third-order valence-electron chi connectivity index (χ3n) is 3.93. The molecule has 1 aromatic heterocycles. The molecule has 0 saturated heterocycles. The Morgan fingerprint density at radius 3 is 2.64 bits per heavy atom. The number of nitrogens with zero attached hydrogens (tertiary/aromatic N) is 2. The van der Waals surface area contributed by atoms with Gasteiger partial charge in [-0.3, -0.25) is 0 Å². The maximum atomic E-state index is 6.38. The number of fused-ring (bicyclic) bond motifs is 1. The van der Waals surface area contributed by atoms with E-state index in [2.05, 4.69) is 30.5 Å². The van der Waals surface area contributed by atoms with Gasteiger partial charge in [-0.05, 0) is 35.7 Å². The fourth-order valence-corrected chi connectivity index (χ4v) is 2.84. The predicted molar refractivity (Wildman–Crippen MR) is 92.1 cm³/mol. The Balaban J connectivity index is 2.11. The molecule has 4 heteroatoms. The molecule has 1 atom stereocenters. The molecule has 0 aliphatic rings. The largest absolute Gasteiger partial charge is 0.322 e. The van der Waals surface area contributed by atoms with Gasteiger partial charge in [-0.25, -0.2) is 4.98 Å². The molecular formula is C18H20ClN3. The average molecular weight is 314 g/mol. The number of halogens is 1. The quantitative estimate of drug-likeness (QED) is 0.776. The van der Waals surface area contributed by atoms with Gasteiger partial charge in [0, 0.05) is 11.6 Å². The lowest BCUT2D eigenvalue weighted by Gasteiger charge is -2.18. The number of para-hydroxylation sites is 2. The van der Waals surface area contributed by atoms with Gasteiger partial charge in [0.2, 0.25) is 0 Å². The van der Waals surface area contributed by atoms with Crippen LogP contribution in [0.25, 0.3) is 11.0 Å². The van der Waals surface area contributed by atoms with Gasteiger partial charge in [0.25, 0.3) is 0 Å². The van der Waals surface area contributed by atoms with E-state index < -0.39 is 0 Å². The zero-order valence-corrected chi connectivity index (χ0v) is 13.6. The van der Waals surface area contributed by atoms with E-state index in [-0.39, 0.29) is 6.04 Å². The lowest BCUT2D eigenvalue weighted by atomic mass is 10.0. The third kappa shape index (κ3) is 2.87. The van der Waals surface area contributed by atoms with Gasteiger partial charge in [-0.1, -0.05) is 49.7 Å². The van der Waals surface area contributed by atoms with Crippen LogP contribution >= 0.6 is 11.6 Å². The number of benzene rings is 2. The monoisotopic (exact) mass is 313 g/mol. The Kier molecular flexibility index (Phi) is 4.19. The van der Waals surface area contributed by atoms with Gasteiger partial charge in [0.05, 0.1) is 17.1 Å². The van der Waals surface area contributed by atoms with E-state index in [9.17, 15) is 0 Å². The molecule has 2 N–H and O–H groups in total. The van der Waals surface area contributed by atoms with Gasteiger partial charge in [0.1, 0.15) is 5.82 Å². The normalized spacial score (nSPS) is 13.0. The van der Waals surface area contributed by atoms with Crippen molar-refractivity contribution in [3.63, 3.8) is 0 Å². The Bertz CT molecular complexity index is 792. The maximum absolute atomic E-state index is 6.38. The summed E-state index contributed by atoms with van der Waals surface area (Å²) in [5.41, 5.74) is 9.61. The van der Waals surface area contributed by atoms with Crippen LogP contribution < -0.4 is 5.73 Å². The molecule has 0 aliphatic carbocycles. The lowest BCUT2D eigenvalue weighted by Crippen LogP contribution is -2.22. The standard InChI is InChI=1S/C18H20ClN3/c1-12(2)17(20)18-21-15-8-3-4-9-16(15)22(18)11-13-6-5-7-14(19)10-13/h3-10,12,17H,11,20H2,1-2H3/t17-/m1/s1. The van der Waals surface area contributed by atoms with Crippen LogP contribution in [0.1, 0.15) is 31.3 Å². The van der Waals surface area contributed by atoms with Crippen molar-refractivity contribution in [2.75, 3.05) is 0 Å². The van der Waals surface area contributed by atoms with Gasteiger partial charge in [-0.2, -0.15) is 0 Å². The third-order valence-corrected chi connectivity index (χ3v) is 4.17. The molecule has 114 valence electrons. The fourth-order valence-electron chi connectivity index (χ4n) is 2.63. The molecule has 2 aromatic carbocycles. The van der Waals surface area contributed by atoms with Crippen LogP contribution in [-0.2, 0) is 6.54 Å². The SMILES string of the molecule is CC(C)[C@@H](N)c1nc2ccccc2n1Cc1cccc(Cl)c1. The minimum Gasteiger partial charge on any atom is -0.322 e. The molecule has 3 rings (SSSR count). The van der Waals surface area contributed by atoms with Gasteiger partial charge < -0.3 is 10.3 Å². The second kappa shape index (κ2) is 6.11. The van der Waals surface area contributed by atoms with Crippen molar-refractivity contribution in [3.05, 3.63) is 64.9 Å². The summed E-state index contributed by atoms with van der Waals surface area (Å²) in [6.07, 6.45) is 0. The summed E-state index contributed by atoms with van der Waals surface area (Å²) in [6, 6.07) is 16.0. The van der Waals surface area contributed by atoms with Crippen molar-refractivity contribution in [2.45, 2.75) is 26.4 Å². The number of nitrogens with two attached hydrogens (primary N) is 1. The van der Waals surface area contributed by atoms with Gasteiger partial charge in [0.15, 0.2) is 0 Å². The van der Waals surface area contributed by atoms with Crippen molar-refractivity contribution in [3.8, 4) is 0 Å². The van der Waals surface area contributed by atoms with Gasteiger partial charge in [-0.15, -0.1) is 0 Å². The molecule has 0 amide bonds. The first-order chi connectivity index (χ1) is 10.6. The van der Waals surface area contributed by atoms with E-state index in [1.807, 2.05) is 36.4 Å². The highest BCUT2D eigenvalue weighted by molar-refractivity contribution is 6.30. The van der Waals surface area contributed by atoms with Crippen molar-refractivity contribution in [1.82, 2.24) is 9.55 Å².